The summed E-state index contributed by atoms with van der Waals surface area (Å²) in [5.41, 5.74) is 3.27. The Balaban J connectivity index is 2.09. The number of anilines is 2. The van der Waals surface area contributed by atoms with E-state index in [2.05, 4.69) is 16.4 Å². The number of rotatable bonds is 4. The van der Waals surface area contributed by atoms with E-state index in [4.69, 9.17) is 4.74 Å². The van der Waals surface area contributed by atoms with Gasteiger partial charge in [0.05, 0.1) is 23.9 Å². The molecule has 0 saturated heterocycles. The van der Waals surface area contributed by atoms with Crippen molar-refractivity contribution in [2.45, 2.75) is 5.03 Å². The van der Waals surface area contributed by atoms with Crippen molar-refractivity contribution in [3.63, 3.8) is 0 Å². The minimum atomic E-state index is -0.386. The summed E-state index contributed by atoms with van der Waals surface area (Å²) < 4.78 is 4.71. The van der Waals surface area contributed by atoms with E-state index >= 15 is 0 Å². The lowest BCUT2D eigenvalue weighted by Gasteiger charge is -2.14. The maximum Gasteiger partial charge on any atom is 0.337 e. The Bertz CT molecular complexity index is 978. The molecule has 1 aromatic heterocycles. The second-order valence-corrected chi connectivity index (χ2v) is 5.99. The Hall–Kier alpha value is -3.04. The van der Waals surface area contributed by atoms with Crippen LogP contribution < -0.4 is 5.32 Å². The molecular weight excluding hydrogens is 334 g/mol. The number of nitriles is 1. The minimum Gasteiger partial charge on any atom is -0.465 e. The van der Waals surface area contributed by atoms with Gasteiger partial charge in [0.15, 0.2) is 0 Å². The molecule has 0 aliphatic carbocycles. The first-order chi connectivity index (χ1) is 12.2. The Morgan fingerprint density at radius 1 is 1.20 bits per heavy atom. The van der Waals surface area contributed by atoms with Crippen LogP contribution in [-0.4, -0.2) is 24.3 Å². The van der Waals surface area contributed by atoms with Gasteiger partial charge in [-0.15, -0.1) is 11.8 Å². The zero-order valence-corrected chi connectivity index (χ0v) is 14.6. The molecule has 0 saturated carbocycles. The van der Waals surface area contributed by atoms with E-state index in [-0.39, 0.29) is 5.97 Å². The average molecular weight is 349 g/mol. The monoisotopic (exact) mass is 349 g/mol. The number of nitrogens with one attached hydrogen (secondary N) is 1. The Kier molecular flexibility index (Phi) is 4.87. The van der Waals surface area contributed by atoms with E-state index in [0.29, 0.717) is 21.8 Å². The Labute approximate surface area is 149 Å². The lowest BCUT2D eigenvalue weighted by molar-refractivity contribution is 0.0601. The van der Waals surface area contributed by atoms with Gasteiger partial charge in [-0.25, -0.2) is 9.78 Å². The van der Waals surface area contributed by atoms with E-state index in [9.17, 15) is 10.1 Å². The normalized spacial score (nSPS) is 10.3. The molecule has 1 N–H and O–H groups in total. The van der Waals surface area contributed by atoms with Crippen molar-refractivity contribution in [2.75, 3.05) is 18.7 Å². The number of esters is 1. The molecule has 5 nitrogen and oxygen atoms in total. The number of carbonyl (C=O) groups is 1. The molecule has 0 fully saturated rings. The number of thioether (sulfide) groups is 1. The Morgan fingerprint density at radius 2 is 1.92 bits per heavy atom. The first-order valence-electron chi connectivity index (χ1n) is 7.50. The van der Waals surface area contributed by atoms with Crippen molar-refractivity contribution in [3.05, 3.63) is 59.7 Å². The summed E-state index contributed by atoms with van der Waals surface area (Å²) in [7, 11) is 1.35. The molecule has 0 spiro atoms. The molecule has 0 aliphatic rings. The summed E-state index contributed by atoms with van der Waals surface area (Å²) in [5.74, 6) is -0.386. The van der Waals surface area contributed by atoms with Crippen molar-refractivity contribution in [2.24, 2.45) is 0 Å². The molecule has 25 heavy (non-hydrogen) atoms. The molecule has 124 valence electrons. The first-order valence-corrected chi connectivity index (χ1v) is 8.72. The number of hydrogen-bond donors (Lipinski definition) is 1. The number of carbonyl (C=O) groups excluding carboxylic acids is 1. The largest absolute Gasteiger partial charge is 0.465 e. The number of benzene rings is 2. The van der Waals surface area contributed by atoms with Crippen LogP contribution in [0, 0.1) is 11.3 Å². The molecule has 1 heterocycles. The van der Waals surface area contributed by atoms with Crippen LogP contribution in [0.3, 0.4) is 0 Å². The number of para-hydroxylation sites is 1. The van der Waals surface area contributed by atoms with Crippen LogP contribution in [0.15, 0.2) is 53.6 Å². The van der Waals surface area contributed by atoms with Crippen LogP contribution in [-0.2, 0) is 4.74 Å². The zero-order chi connectivity index (χ0) is 17.8. The summed E-state index contributed by atoms with van der Waals surface area (Å²) >= 11 is 1.43. The van der Waals surface area contributed by atoms with Crippen LogP contribution >= 0.6 is 11.8 Å². The zero-order valence-electron chi connectivity index (χ0n) is 13.7. The first kappa shape index (κ1) is 16.8. The number of ether oxygens (including phenoxy) is 1. The van der Waals surface area contributed by atoms with E-state index in [1.165, 1.54) is 18.9 Å². The number of pyridine rings is 1. The minimum absolute atomic E-state index is 0.386. The molecule has 6 heteroatoms. The second-order valence-electron chi connectivity index (χ2n) is 5.19. The number of fused-ring (bicyclic) bond motifs is 1. The third-order valence-electron chi connectivity index (χ3n) is 3.74. The number of nitrogens with zero attached hydrogens (tertiary/aromatic N) is 2. The quantitative estimate of drug-likeness (QED) is 0.557. The van der Waals surface area contributed by atoms with Gasteiger partial charge in [0, 0.05) is 11.1 Å². The molecule has 0 bridgehead atoms. The smallest absolute Gasteiger partial charge is 0.337 e. The highest BCUT2D eigenvalue weighted by Crippen LogP contribution is 2.34. The van der Waals surface area contributed by atoms with E-state index in [1.54, 1.807) is 24.3 Å². The molecule has 0 aliphatic heterocycles. The summed E-state index contributed by atoms with van der Waals surface area (Å²) in [5, 5.41) is 14.5. The van der Waals surface area contributed by atoms with Crippen LogP contribution in [0.25, 0.3) is 10.9 Å². The third-order valence-corrected chi connectivity index (χ3v) is 4.42. The summed E-state index contributed by atoms with van der Waals surface area (Å²) in [6.07, 6.45) is 1.90. The van der Waals surface area contributed by atoms with E-state index in [1.807, 2.05) is 30.5 Å². The molecule has 0 atom stereocenters. The van der Waals surface area contributed by atoms with Gasteiger partial charge in [-0.2, -0.15) is 5.26 Å². The fourth-order valence-electron chi connectivity index (χ4n) is 2.52. The van der Waals surface area contributed by atoms with Gasteiger partial charge in [-0.05, 0) is 36.6 Å². The fourth-order valence-corrected chi connectivity index (χ4v) is 3.06. The van der Waals surface area contributed by atoms with Gasteiger partial charge >= 0.3 is 5.97 Å². The van der Waals surface area contributed by atoms with Gasteiger partial charge in [0.1, 0.15) is 16.7 Å². The van der Waals surface area contributed by atoms with Gasteiger partial charge in [-0.1, -0.05) is 18.2 Å². The fraction of sp³-hybridized carbons (Fsp3) is 0.105. The van der Waals surface area contributed by atoms with E-state index in [0.717, 1.165) is 16.6 Å². The van der Waals surface area contributed by atoms with Gasteiger partial charge in [-0.3, -0.25) is 0 Å². The maximum absolute atomic E-state index is 11.5. The Morgan fingerprint density at radius 3 is 2.56 bits per heavy atom. The number of hydrogen-bond acceptors (Lipinski definition) is 6. The predicted octanol–water partition coefficient (Wildman–Crippen LogP) is 4.36. The standard InChI is InChI=1S/C19H15N3O2S/c1-24-19(23)12-7-9-13(10-8-12)21-17-14-5-3-4-6-16(14)22-18(25-2)15(17)11-20/h3-10H,1-2H3,(H,21,22). The van der Waals surface area contributed by atoms with Crippen LogP contribution in [0.4, 0.5) is 11.4 Å². The van der Waals surface area contributed by atoms with Gasteiger partial charge < -0.3 is 10.1 Å². The van der Waals surface area contributed by atoms with Crippen molar-refractivity contribution < 1.29 is 9.53 Å². The molecular formula is C19H15N3O2S. The third kappa shape index (κ3) is 3.28. The van der Waals surface area contributed by atoms with Crippen molar-refractivity contribution >= 4 is 40.0 Å². The summed E-state index contributed by atoms with van der Waals surface area (Å²) in [6, 6.07) is 16.8. The molecule has 0 unspecified atom stereocenters. The number of aromatic nitrogens is 1. The SMILES string of the molecule is COC(=O)c1ccc(Nc2c(C#N)c(SC)nc3ccccc23)cc1. The molecule has 2 aromatic carbocycles. The lowest BCUT2D eigenvalue weighted by atomic mass is 10.1. The predicted molar refractivity (Wildman–Crippen MR) is 99.3 cm³/mol. The van der Waals surface area contributed by atoms with Crippen LogP contribution in [0.1, 0.15) is 15.9 Å². The molecule has 3 rings (SSSR count). The lowest BCUT2D eigenvalue weighted by Crippen LogP contribution is -2.02. The van der Waals surface area contributed by atoms with Gasteiger partial charge in [0.2, 0.25) is 0 Å². The van der Waals surface area contributed by atoms with Crippen molar-refractivity contribution in [1.82, 2.24) is 4.98 Å². The summed E-state index contributed by atoms with van der Waals surface area (Å²) in [6.45, 7) is 0. The molecule has 0 radical (unpaired) electrons. The highest BCUT2D eigenvalue weighted by Gasteiger charge is 2.15. The maximum atomic E-state index is 11.5. The average Bonchev–Trinajstić information content (AvgIpc) is 2.67. The second kappa shape index (κ2) is 7.24. The number of methoxy groups -OCH3 is 1. The highest BCUT2D eigenvalue weighted by molar-refractivity contribution is 7.98. The molecule has 3 aromatic rings. The topological polar surface area (TPSA) is 75.0 Å². The van der Waals surface area contributed by atoms with Crippen molar-refractivity contribution in [3.8, 4) is 6.07 Å². The van der Waals surface area contributed by atoms with E-state index < -0.39 is 0 Å². The van der Waals surface area contributed by atoms with Crippen LogP contribution in [0.2, 0.25) is 0 Å². The van der Waals surface area contributed by atoms with Crippen LogP contribution in [0.5, 0.6) is 0 Å². The van der Waals surface area contributed by atoms with Gasteiger partial charge in [0.25, 0.3) is 0 Å². The molecule has 0 amide bonds. The highest BCUT2D eigenvalue weighted by atomic mass is 32.2. The summed E-state index contributed by atoms with van der Waals surface area (Å²) in [4.78, 5) is 16.1. The van der Waals surface area contributed by atoms with Crippen molar-refractivity contribution in [1.29, 1.82) is 5.26 Å².